The quantitative estimate of drug-likeness (QED) is 0.377. The lowest BCUT2D eigenvalue weighted by atomic mass is 9.79. The highest BCUT2D eigenvalue weighted by atomic mass is 19.1. The van der Waals surface area contributed by atoms with Crippen LogP contribution in [0.25, 0.3) is 0 Å². The highest BCUT2D eigenvalue weighted by Gasteiger charge is 2.27. The Bertz CT molecular complexity index is 212. The monoisotopic (exact) mass is 286 g/mol. The molecule has 0 aromatic heterocycles. The molecule has 0 saturated heterocycles. The molecule has 0 aromatic rings. The highest BCUT2D eigenvalue weighted by Crippen LogP contribution is 2.35. The molecule has 1 heteroatoms. The van der Waals surface area contributed by atoms with Gasteiger partial charge in [0.25, 0.3) is 0 Å². The van der Waals surface area contributed by atoms with E-state index in [9.17, 15) is 4.39 Å². The molecular weight excluding hydrogens is 247 g/mol. The molecule has 0 N–H and O–H groups in total. The Balaban J connectivity index is 3.96. The fourth-order valence-electron chi connectivity index (χ4n) is 2.72. The third-order valence-corrected chi connectivity index (χ3v) is 4.44. The number of rotatable bonds is 11. The minimum absolute atomic E-state index is 0.292. The fraction of sp³-hybridized carbons (Fsp3) is 1.00. The maximum absolute atomic E-state index is 14.5. The van der Waals surface area contributed by atoms with E-state index in [1.807, 2.05) is 0 Å². The molecule has 0 rings (SSSR count). The summed E-state index contributed by atoms with van der Waals surface area (Å²) >= 11 is 0. The number of hydrogen-bond donors (Lipinski definition) is 0. The van der Waals surface area contributed by atoms with Crippen LogP contribution in [-0.4, -0.2) is 5.67 Å². The Morgan fingerprint density at radius 1 is 0.700 bits per heavy atom. The molecule has 0 spiro atoms. The van der Waals surface area contributed by atoms with E-state index in [-0.39, 0.29) is 0 Å². The van der Waals surface area contributed by atoms with Crippen LogP contribution in [0.1, 0.15) is 99.8 Å². The molecule has 122 valence electrons. The molecule has 0 bridgehead atoms. The Morgan fingerprint density at radius 2 is 1.15 bits per heavy atom. The van der Waals surface area contributed by atoms with Crippen LogP contribution in [0, 0.1) is 17.3 Å². The van der Waals surface area contributed by atoms with Gasteiger partial charge in [0.2, 0.25) is 0 Å². The Hall–Kier alpha value is -0.0700. The van der Waals surface area contributed by atoms with Gasteiger partial charge in [0.15, 0.2) is 0 Å². The van der Waals surface area contributed by atoms with E-state index in [0.29, 0.717) is 11.3 Å². The van der Waals surface area contributed by atoms with Crippen LogP contribution in [0.5, 0.6) is 0 Å². The predicted octanol–water partition coefficient (Wildman–Crippen LogP) is 7.17. The summed E-state index contributed by atoms with van der Waals surface area (Å²) in [5, 5.41) is 0. The van der Waals surface area contributed by atoms with Gasteiger partial charge in [0.05, 0.1) is 0 Å². The van der Waals surface area contributed by atoms with Crippen molar-refractivity contribution in [2.45, 2.75) is 106 Å². The zero-order chi connectivity index (χ0) is 15.8. The second kappa shape index (κ2) is 9.05. The van der Waals surface area contributed by atoms with E-state index in [2.05, 4.69) is 41.5 Å². The SMILES string of the molecule is CC(C)CCCC(C)(C)CCC(C)(F)CCCC(C)C. The molecule has 0 aliphatic carbocycles. The van der Waals surface area contributed by atoms with Gasteiger partial charge < -0.3 is 0 Å². The Kier molecular flexibility index (Phi) is 9.02. The van der Waals surface area contributed by atoms with Crippen LogP contribution in [0.4, 0.5) is 4.39 Å². The van der Waals surface area contributed by atoms with Crippen LogP contribution in [-0.2, 0) is 0 Å². The van der Waals surface area contributed by atoms with E-state index in [0.717, 1.165) is 38.0 Å². The van der Waals surface area contributed by atoms with Crippen molar-refractivity contribution in [3.63, 3.8) is 0 Å². The van der Waals surface area contributed by atoms with Gasteiger partial charge in [-0.2, -0.15) is 0 Å². The fourth-order valence-corrected chi connectivity index (χ4v) is 2.72. The van der Waals surface area contributed by atoms with Crippen molar-refractivity contribution in [2.24, 2.45) is 17.3 Å². The van der Waals surface area contributed by atoms with Gasteiger partial charge in [-0.25, -0.2) is 4.39 Å². The zero-order valence-electron chi connectivity index (χ0n) is 15.2. The molecule has 1 unspecified atom stereocenters. The van der Waals surface area contributed by atoms with Crippen LogP contribution in [0.15, 0.2) is 0 Å². The van der Waals surface area contributed by atoms with Crippen LogP contribution in [0.2, 0.25) is 0 Å². The molecule has 1 atom stereocenters. The van der Waals surface area contributed by atoms with Gasteiger partial charge in [-0.1, -0.05) is 67.2 Å². The van der Waals surface area contributed by atoms with E-state index >= 15 is 0 Å². The molecule has 0 aromatic carbocycles. The maximum Gasteiger partial charge on any atom is 0.108 e. The van der Waals surface area contributed by atoms with Crippen molar-refractivity contribution in [1.29, 1.82) is 0 Å². The molecule has 0 radical (unpaired) electrons. The molecule has 0 saturated carbocycles. The van der Waals surface area contributed by atoms with E-state index in [4.69, 9.17) is 0 Å². The van der Waals surface area contributed by atoms with Crippen molar-refractivity contribution in [3.8, 4) is 0 Å². The summed E-state index contributed by atoms with van der Waals surface area (Å²) in [6.07, 6.45) is 8.45. The first-order valence-electron chi connectivity index (χ1n) is 8.73. The third-order valence-electron chi connectivity index (χ3n) is 4.44. The lowest BCUT2D eigenvalue weighted by Gasteiger charge is -2.29. The van der Waals surface area contributed by atoms with Crippen molar-refractivity contribution < 1.29 is 4.39 Å². The van der Waals surface area contributed by atoms with E-state index in [1.165, 1.54) is 19.3 Å². The average Bonchev–Trinajstić information content (AvgIpc) is 2.25. The number of alkyl halides is 1. The maximum atomic E-state index is 14.5. The van der Waals surface area contributed by atoms with Gasteiger partial charge >= 0.3 is 0 Å². The summed E-state index contributed by atoms with van der Waals surface area (Å²) in [7, 11) is 0. The van der Waals surface area contributed by atoms with Crippen LogP contribution < -0.4 is 0 Å². The molecule has 0 fully saturated rings. The largest absolute Gasteiger partial charge is 0.244 e. The van der Waals surface area contributed by atoms with Crippen molar-refractivity contribution in [2.75, 3.05) is 0 Å². The Labute approximate surface area is 127 Å². The number of hydrogen-bond acceptors (Lipinski definition) is 0. The normalized spacial score (nSPS) is 15.9. The second-order valence-electron chi connectivity index (χ2n) is 8.65. The summed E-state index contributed by atoms with van der Waals surface area (Å²) in [5.41, 5.74) is -0.676. The summed E-state index contributed by atoms with van der Waals surface area (Å²) in [6, 6.07) is 0. The topological polar surface area (TPSA) is 0 Å². The van der Waals surface area contributed by atoms with Crippen molar-refractivity contribution in [1.82, 2.24) is 0 Å². The predicted molar refractivity (Wildman–Crippen MR) is 89.9 cm³/mol. The van der Waals surface area contributed by atoms with Crippen LogP contribution >= 0.6 is 0 Å². The minimum atomic E-state index is -0.968. The van der Waals surface area contributed by atoms with Gasteiger partial charge in [0.1, 0.15) is 5.67 Å². The summed E-state index contributed by atoms with van der Waals surface area (Å²) in [4.78, 5) is 0. The first-order valence-corrected chi connectivity index (χ1v) is 8.73. The van der Waals surface area contributed by atoms with Crippen molar-refractivity contribution >= 4 is 0 Å². The third kappa shape index (κ3) is 11.7. The molecule has 0 aliphatic heterocycles. The first-order chi connectivity index (χ1) is 9.04. The molecule has 20 heavy (non-hydrogen) atoms. The van der Waals surface area contributed by atoms with Crippen LogP contribution in [0.3, 0.4) is 0 Å². The smallest absolute Gasteiger partial charge is 0.108 e. The zero-order valence-corrected chi connectivity index (χ0v) is 15.2. The summed E-state index contributed by atoms with van der Waals surface area (Å²) in [6.45, 7) is 15.4. The van der Waals surface area contributed by atoms with Gasteiger partial charge in [-0.05, 0) is 49.9 Å². The highest BCUT2D eigenvalue weighted by molar-refractivity contribution is 4.78. The second-order valence-corrected chi connectivity index (χ2v) is 8.65. The summed E-state index contributed by atoms with van der Waals surface area (Å²) < 4.78 is 14.5. The summed E-state index contributed by atoms with van der Waals surface area (Å²) in [5.74, 6) is 1.48. The van der Waals surface area contributed by atoms with Gasteiger partial charge in [0, 0.05) is 0 Å². The Morgan fingerprint density at radius 3 is 1.60 bits per heavy atom. The number of halogens is 1. The average molecular weight is 287 g/mol. The standard InChI is InChI=1S/C19H39F/c1-16(2)10-8-12-18(5,6)14-15-19(7,20)13-9-11-17(3)4/h16-17H,8-15H2,1-7H3. The first kappa shape index (κ1) is 19.9. The molecular formula is C19H39F. The molecule has 0 heterocycles. The van der Waals surface area contributed by atoms with Crippen molar-refractivity contribution in [3.05, 3.63) is 0 Å². The minimum Gasteiger partial charge on any atom is -0.244 e. The molecule has 0 nitrogen and oxygen atoms in total. The lowest BCUT2D eigenvalue weighted by molar-refractivity contribution is 0.125. The van der Waals surface area contributed by atoms with Gasteiger partial charge in [-0.15, -0.1) is 0 Å². The molecule has 0 amide bonds. The van der Waals surface area contributed by atoms with E-state index < -0.39 is 5.67 Å². The lowest BCUT2D eigenvalue weighted by Crippen LogP contribution is -2.22. The van der Waals surface area contributed by atoms with Gasteiger partial charge in [-0.3, -0.25) is 0 Å². The van der Waals surface area contributed by atoms with E-state index in [1.54, 1.807) is 6.92 Å². The molecule has 0 aliphatic rings.